The minimum atomic E-state index is -0.0975. The minimum Gasteiger partial charge on any atom is -0.493 e. The van der Waals surface area contributed by atoms with Crippen LogP contribution in [-0.4, -0.2) is 26.9 Å². The first-order chi connectivity index (χ1) is 13.7. The van der Waals surface area contributed by atoms with Gasteiger partial charge in [0.05, 0.1) is 18.7 Å². The lowest BCUT2D eigenvalue weighted by Crippen LogP contribution is -2.15. The van der Waals surface area contributed by atoms with Gasteiger partial charge in [-0.25, -0.2) is 9.97 Å². The Kier molecular flexibility index (Phi) is 5.34. The number of imidazole rings is 1. The van der Waals surface area contributed by atoms with E-state index in [0.717, 1.165) is 27.2 Å². The fraction of sp³-hybridized carbons (Fsp3) is 0.0952. The average molecular weight is 437 g/mol. The Balaban J connectivity index is 1.33. The lowest BCUT2D eigenvalue weighted by molar-refractivity contribution is -0.116. The van der Waals surface area contributed by atoms with Crippen LogP contribution in [0.2, 0.25) is 0 Å². The molecule has 0 atom stereocenters. The van der Waals surface area contributed by atoms with Gasteiger partial charge in [-0.1, -0.05) is 34.1 Å². The van der Waals surface area contributed by atoms with Crippen LogP contribution in [0.15, 0.2) is 77.7 Å². The van der Waals surface area contributed by atoms with Crippen LogP contribution >= 0.6 is 15.9 Å². The van der Waals surface area contributed by atoms with E-state index in [2.05, 4.69) is 31.2 Å². The van der Waals surface area contributed by atoms with Gasteiger partial charge in [0.15, 0.2) is 0 Å². The molecule has 140 valence electrons. The zero-order valence-electron chi connectivity index (χ0n) is 14.9. The van der Waals surface area contributed by atoms with Crippen LogP contribution in [0.3, 0.4) is 0 Å². The number of ether oxygens (including phenoxy) is 1. The Morgan fingerprint density at radius 2 is 2.00 bits per heavy atom. The number of carbonyl (C=O) groups excluding carboxylic acids is 1. The van der Waals surface area contributed by atoms with Crippen molar-refractivity contribution in [2.45, 2.75) is 6.42 Å². The molecule has 0 bridgehead atoms. The number of fused-ring (bicyclic) bond motifs is 1. The molecular formula is C21H17BrN4O2. The summed E-state index contributed by atoms with van der Waals surface area (Å²) in [6, 6.07) is 17.0. The molecule has 0 fully saturated rings. The molecule has 2 aromatic carbocycles. The quantitative estimate of drug-likeness (QED) is 0.480. The molecule has 1 amide bonds. The highest BCUT2D eigenvalue weighted by atomic mass is 79.9. The first kappa shape index (κ1) is 18.2. The summed E-state index contributed by atoms with van der Waals surface area (Å²) in [6.45, 7) is 0.314. The Morgan fingerprint density at radius 3 is 2.79 bits per heavy atom. The maximum atomic E-state index is 12.1. The van der Waals surface area contributed by atoms with E-state index in [1.807, 2.05) is 71.4 Å². The smallest absolute Gasteiger partial charge is 0.234 e. The van der Waals surface area contributed by atoms with Crippen molar-refractivity contribution in [2.75, 3.05) is 11.9 Å². The normalized spacial score (nSPS) is 10.8. The zero-order chi connectivity index (χ0) is 19.3. The molecule has 0 saturated carbocycles. The van der Waals surface area contributed by atoms with E-state index in [4.69, 9.17) is 4.74 Å². The molecule has 2 heterocycles. The molecule has 2 aromatic heterocycles. The van der Waals surface area contributed by atoms with Crippen molar-refractivity contribution < 1.29 is 9.53 Å². The van der Waals surface area contributed by atoms with E-state index < -0.39 is 0 Å². The predicted molar refractivity (Wildman–Crippen MR) is 111 cm³/mol. The number of amides is 1. The second-order valence-corrected chi connectivity index (χ2v) is 7.05. The fourth-order valence-corrected chi connectivity index (χ4v) is 3.11. The van der Waals surface area contributed by atoms with E-state index in [1.54, 1.807) is 6.20 Å². The maximum absolute atomic E-state index is 12.1. The van der Waals surface area contributed by atoms with Gasteiger partial charge >= 0.3 is 0 Å². The van der Waals surface area contributed by atoms with Crippen LogP contribution in [-0.2, 0) is 4.79 Å². The van der Waals surface area contributed by atoms with Crippen molar-refractivity contribution in [1.82, 2.24) is 14.4 Å². The molecule has 0 radical (unpaired) electrons. The number of hydrogen-bond donors (Lipinski definition) is 1. The van der Waals surface area contributed by atoms with Crippen LogP contribution < -0.4 is 10.1 Å². The third kappa shape index (κ3) is 4.37. The van der Waals surface area contributed by atoms with Crippen molar-refractivity contribution in [3.05, 3.63) is 77.7 Å². The highest BCUT2D eigenvalue weighted by molar-refractivity contribution is 9.10. The van der Waals surface area contributed by atoms with Crippen molar-refractivity contribution >= 4 is 33.3 Å². The Labute approximate surface area is 170 Å². The summed E-state index contributed by atoms with van der Waals surface area (Å²) >= 11 is 3.39. The number of aromatic nitrogens is 3. The molecule has 0 aliphatic carbocycles. The number of rotatable bonds is 6. The number of nitrogens with one attached hydrogen (secondary N) is 1. The lowest BCUT2D eigenvalue weighted by Gasteiger charge is -2.08. The number of carbonyl (C=O) groups is 1. The van der Waals surface area contributed by atoms with Gasteiger partial charge in [0, 0.05) is 34.3 Å². The summed E-state index contributed by atoms with van der Waals surface area (Å²) < 4.78 is 8.41. The summed E-state index contributed by atoms with van der Waals surface area (Å²) in [5.74, 6) is 1.29. The van der Waals surface area contributed by atoms with Crippen molar-refractivity contribution in [3.8, 4) is 17.0 Å². The van der Waals surface area contributed by atoms with E-state index in [1.165, 1.54) is 0 Å². The molecule has 4 rings (SSSR count). The summed E-state index contributed by atoms with van der Waals surface area (Å²) in [7, 11) is 0. The highest BCUT2D eigenvalue weighted by Crippen LogP contribution is 2.21. The Morgan fingerprint density at radius 1 is 1.14 bits per heavy atom. The number of benzene rings is 2. The van der Waals surface area contributed by atoms with Crippen LogP contribution in [0.4, 0.5) is 5.69 Å². The SMILES string of the molecule is O=C(CCOc1cccc(Br)c1)Nc1ccc(-c2cn3cccnc3n2)cc1. The van der Waals surface area contributed by atoms with Gasteiger partial charge in [0.25, 0.3) is 0 Å². The summed E-state index contributed by atoms with van der Waals surface area (Å²) in [6.07, 6.45) is 5.82. The van der Waals surface area contributed by atoms with E-state index in [9.17, 15) is 4.79 Å². The van der Waals surface area contributed by atoms with Crippen LogP contribution in [0.25, 0.3) is 17.0 Å². The van der Waals surface area contributed by atoms with Gasteiger partial charge in [-0.15, -0.1) is 0 Å². The van der Waals surface area contributed by atoms with Crippen LogP contribution in [0.5, 0.6) is 5.75 Å². The largest absolute Gasteiger partial charge is 0.493 e. The van der Waals surface area contributed by atoms with Crippen LogP contribution in [0.1, 0.15) is 6.42 Å². The molecule has 28 heavy (non-hydrogen) atoms. The third-order valence-corrected chi connectivity index (χ3v) is 4.59. The Bertz CT molecular complexity index is 1080. The first-order valence-electron chi connectivity index (χ1n) is 8.76. The Hall–Kier alpha value is -3.19. The fourth-order valence-electron chi connectivity index (χ4n) is 2.74. The molecular weight excluding hydrogens is 420 g/mol. The van der Waals surface area contributed by atoms with Crippen LogP contribution in [0, 0.1) is 0 Å². The lowest BCUT2D eigenvalue weighted by atomic mass is 10.1. The number of halogens is 1. The molecule has 6 nitrogen and oxygen atoms in total. The third-order valence-electron chi connectivity index (χ3n) is 4.09. The maximum Gasteiger partial charge on any atom is 0.234 e. The molecule has 0 saturated heterocycles. The van der Waals surface area contributed by atoms with Gasteiger partial charge in [0.2, 0.25) is 11.7 Å². The predicted octanol–water partition coefficient (Wildman–Crippen LogP) is 4.57. The monoisotopic (exact) mass is 436 g/mol. The molecule has 0 aliphatic heterocycles. The molecule has 0 unspecified atom stereocenters. The number of anilines is 1. The topological polar surface area (TPSA) is 68.5 Å². The van der Waals surface area contributed by atoms with E-state index in [0.29, 0.717) is 12.4 Å². The van der Waals surface area contributed by atoms with E-state index >= 15 is 0 Å². The minimum absolute atomic E-state index is 0.0975. The van der Waals surface area contributed by atoms with Gasteiger partial charge in [-0.05, 0) is 36.4 Å². The van der Waals surface area contributed by atoms with Gasteiger partial charge in [0.1, 0.15) is 5.75 Å². The second kappa shape index (κ2) is 8.22. The second-order valence-electron chi connectivity index (χ2n) is 6.13. The summed E-state index contributed by atoms with van der Waals surface area (Å²) in [4.78, 5) is 20.8. The van der Waals surface area contributed by atoms with Gasteiger partial charge in [-0.3, -0.25) is 9.20 Å². The highest BCUT2D eigenvalue weighted by Gasteiger charge is 2.07. The van der Waals surface area contributed by atoms with Crippen molar-refractivity contribution in [3.63, 3.8) is 0 Å². The van der Waals surface area contributed by atoms with Gasteiger partial charge < -0.3 is 10.1 Å². The molecule has 7 heteroatoms. The van der Waals surface area contributed by atoms with Crippen molar-refractivity contribution in [2.24, 2.45) is 0 Å². The average Bonchev–Trinajstić information content (AvgIpc) is 3.13. The summed E-state index contributed by atoms with van der Waals surface area (Å²) in [5.41, 5.74) is 2.53. The number of hydrogen-bond acceptors (Lipinski definition) is 4. The first-order valence-corrected chi connectivity index (χ1v) is 9.55. The van der Waals surface area contributed by atoms with Crippen molar-refractivity contribution in [1.29, 1.82) is 0 Å². The zero-order valence-corrected chi connectivity index (χ0v) is 16.5. The van der Waals surface area contributed by atoms with E-state index in [-0.39, 0.29) is 12.3 Å². The summed E-state index contributed by atoms with van der Waals surface area (Å²) in [5, 5.41) is 2.88. The molecule has 4 aromatic rings. The van der Waals surface area contributed by atoms with Gasteiger partial charge in [-0.2, -0.15) is 0 Å². The molecule has 0 spiro atoms. The molecule has 1 N–H and O–H groups in total. The molecule has 0 aliphatic rings. The standard InChI is InChI=1S/C21H17BrN4O2/c22-16-3-1-4-18(13-16)28-12-9-20(27)24-17-7-5-15(6-8-17)19-14-26-11-2-10-23-21(26)25-19/h1-8,10-11,13-14H,9,12H2,(H,24,27). The number of nitrogens with zero attached hydrogens (tertiary/aromatic N) is 3.